The Hall–Kier alpha value is -2.75. The molecule has 10 heteroatoms. The number of hydrogen-bond donors (Lipinski definition) is 2. The summed E-state index contributed by atoms with van der Waals surface area (Å²) in [6.45, 7) is 1.72. The van der Waals surface area contributed by atoms with E-state index in [0.29, 0.717) is 20.8 Å². The van der Waals surface area contributed by atoms with Gasteiger partial charge in [0.05, 0.1) is 17.8 Å². The van der Waals surface area contributed by atoms with Gasteiger partial charge in [0.2, 0.25) is 0 Å². The molecule has 2 N–H and O–H groups in total. The number of nitrogens with zero attached hydrogens (tertiary/aromatic N) is 4. The van der Waals surface area contributed by atoms with E-state index in [1.165, 1.54) is 28.5 Å². The molecule has 0 aliphatic heterocycles. The van der Waals surface area contributed by atoms with Crippen LogP contribution in [0.2, 0.25) is 0 Å². The highest BCUT2D eigenvalue weighted by molar-refractivity contribution is 7.21. The molecule has 0 unspecified atom stereocenters. The van der Waals surface area contributed by atoms with Gasteiger partial charge in [-0.15, -0.1) is 4.80 Å². The maximum absolute atomic E-state index is 12.8. The Morgan fingerprint density at radius 2 is 2.00 bits per heavy atom. The summed E-state index contributed by atoms with van der Waals surface area (Å²) in [4.78, 5) is 40.9. The predicted octanol–water partition coefficient (Wildman–Crippen LogP) is 0.214. The van der Waals surface area contributed by atoms with Crippen molar-refractivity contribution in [2.24, 2.45) is 0 Å². The number of aryl methyl sites for hydroxylation is 1. The number of H-pyrrole nitrogens is 1. The normalized spacial score (nSPS) is 15.9. The van der Waals surface area contributed by atoms with Gasteiger partial charge in [-0.05, 0) is 19.8 Å². The van der Waals surface area contributed by atoms with Gasteiger partial charge in [0.25, 0.3) is 5.56 Å². The van der Waals surface area contributed by atoms with Crippen molar-refractivity contribution in [2.45, 2.75) is 25.3 Å². The van der Waals surface area contributed by atoms with E-state index < -0.39 is 22.8 Å². The van der Waals surface area contributed by atoms with Crippen LogP contribution >= 0.6 is 11.3 Å². The molecule has 9 nitrogen and oxygen atoms in total. The number of aromatic nitrogens is 5. The van der Waals surface area contributed by atoms with Crippen LogP contribution in [0.3, 0.4) is 0 Å². The van der Waals surface area contributed by atoms with E-state index in [1.54, 1.807) is 6.92 Å². The molecule has 3 aromatic heterocycles. The topological polar surface area (TPSA) is 123 Å². The summed E-state index contributed by atoms with van der Waals surface area (Å²) in [6.07, 6.45) is 3.56. The van der Waals surface area contributed by atoms with Crippen LogP contribution in [0.4, 0.5) is 0 Å². The second kappa shape index (κ2) is 4.38. The fourth-order valence-electron chi connectivity index (χ4n) is 2.76. The van der Waals surface area contributed by atoms with Crippen LogP contribution in [-0.2, 0) is 10.3 Å². The molecule has 0 amide bonds. The van der Waals surface area contributed by atoms with E-state index in [-0.39, 0.29) is 12.8 Å². The summed E-state index contributed by atoms with van der Waals surface area (Å²) in [6, 6.07) is 0. The SMILES string of the molecule is Cc1c(-n2nccn2)sc2[nH]c(=O)n(C3(C(=O)O)CC3)c(=O)c12. The Balaban J connectivity index is 2.06. The number of rotatable bonds is 3. The quantitative estimate of drug-likeness (QED) is 0.706. The van der Waals surface area contributed by atoms with Gasteiger partial charge < -0.3 is 5.11 Å². The number of carboxylic acid groups (broad SMARTS) is 1. The lowest BCUT2D eigenvalue weighted by atomic mass is 10.2. The van der Waals surface area contributed by atoms with Gasteiger partial charge in [0.15, 0.2) is 0 Å². The summed E-state index contributed by atoms with van der Waals surface area (Å²) >= 11 is 1.18. The van der Waals surface area contributed by atoms with Crippen molar-refractivity contribution >= 4 is 27.5 Å². The summed E-state index contributed by atoms with van der Waals surface area (Å²) in [7, 11) is 0. The van der Waals surface area contributed by atoms with Crippen molar-refractivity contribution < 1.29 is 9.90 Å². The van der Waals surface area contributed by atoms with Gasteiger partial charge in [0, 0.05) is 5.56 Å². The van der Waals surface area contributed by atoms with Gasteiger partial charge in [0.1, 0.15) is 15.4 Å². The van der Waals surface area contributed by atoms with Gasteiger partial charge in [-0.2, -0.15) is 10.2 Å². The lowest BCUT2D eigenvalue weighted by molar-refractivity contribution is -0.142. The monoisotopic (exact) mass is 333 g/mol. The van der Waals surface area contributed by atoms with Gasteiger partial charge in [-0.25, -0.2) is 14.2 Å². The van der Waals surface area contributed by atoms with Crippen LogP contribution in [-0.4, -0.2) is 35.6 Å². The summed E-state index contributed by atoms with van der Waals surface area (Å²) < 4.78 is 0.831. The van der Waals surface area contributed by atoms with Crippen molar-refractivity contribution in [1.29, 1.82) is 0 Å². The number of fused-ring (bicyclic) bond motifs is 1. The van der Waals surface area contributed by atoms with E-state index in [4.69, 9.17) is 0 Å². The third-order valence-electron chi connectivity index (χ3n) is 4.11. The van der Waals surface area contributed by atoms with Crippen molar-refractivity contribution in [3.63, 3.8) is 0 Å². The molecule has 3 heterocycles. The van der Waals surface area contributed by atoms with E-state index >= 15 is 0 Å². The molecule has 1 fully saturated rings. The summed E-state index contributed by atoms with van der Waals surface area (Å²) in [5, 5.41) is 18.3. The standard InChI is InChI=1S/C13H11N5O4S/c1-6-7-8(23-10(6)18-14-4-5-15-18)16-12(22)17(9(7)19)13(2-3-13)11(20)21/h4-5H,2-3H2,1H3,(H,16,22)(H,20,21). The van der Waals surface area contributed by atoms with Crippen molar-refractivity contribution in [1.82, 2.24) is 24.5 Å². The molecule has 0 bridgehead atoms. The fourth-order valence-corrected chi connectivity index (χ4v) is 3.86. The summed E-state index contributed by atoms with van der Waals surface area (Å²) in [5.74, 6) is -1.16. The lowest BCUT2D eigenvalue weighted by Crippen LogP contribution is -2.45. The Morgan fingerprint density at radius 1 is 1.35 bits per heavy atom. The number of nitrogens with one attached hydrogen (secondary N) is 1. The second-order valence-electron chi connectivity index (χ2n) is 5.46. The number of hydrogen-bond acceptors (Lipinski definition) is 6. The molecule has 1 aliphatic rings. The Kier molecular flexibility index (Phi) is 2.64. The smallest absolute Gasteiger partial charge is 0.330 e. The molecule has 0 radical (unpaired) electrons. The molecular formula is C13H11N5O4S. The molecule has 0 spiro atoms. The Labute approximate surface area is 131 Å². The molecule has 0 atom stereocenters. The maximum atomic E-state index is 12.8. The zero-order valence-electron chi connectivity index (χ0n) is 11.9. The number of carboxylic acids is 1. The van der Waals surface area contributed by atoms with E-state index in [9.17, 15) is 19.5 Å². The van der Waals surface area contributed by atoms with E-state index in [2.05, 4.69) is 15.2 Å². The molecule has 4 rings (SSSR count). The fraction of sp³-hybridized carbons (Fsp3) is 0.308. The summed E-state index contributed by atoms with van der Waals surface area (Å²) in [5.41, 5.74) is -2.10. The number of aromatic amines is 1. The highest BCUT2D eigenvalue weighted by Gasteiger charge is 2.54. The first-order chi connectivity index (χ1) is 11.0. The van der Waals surface area contributed by atoms with Gasteiger partial charge in [-0.1, -0.05) is 11.3 Å². The molecule has 3 aromatic rings. The van der Waals surface area contributed by atoms with Crippen LogP contribution in [0.5, 0.6) is 0 Å². The maximum Gasteiger partial charge on any atom is 0.330 e. The first kappa shape index (κ1) is 13.9. The highest BCUT2D eigenvalue weighted by atomic mass is 32.1. The van der Waals surface area contributed by atoms with Gasteiger partial charge in [-0.3, -0.25) is 9.78 Å². The van der Waals surface area contributed by atoms with Crippen LogP contribution < -0.4 is 11.2 Å². The van der Waals surface area contributed by atoms with Crippen LogP contribution in [0.1, 0.15) is 18.4 Å². The minimum absolute atomic E-state index is 0.271. The van der Waals surface area contributed by atoms with Crippen LogP contribution in [0.25, 0.3) is 15.2 Å². The average molecular weight is 333 g/mol. The predicted molar refractivity (Wildman–Crippen MR) is 81.2 cm³/mol. The average Bonchev–Trinajstić information content (AvgIpc) is 2.97. The Bertz CT molecular complexity index is 1050. The first-order valence-electron chi connectivity index (χ1n) is 6.85. The molecule has 1 aliphatic carbocycles. The number of thiophene rings is 1. The first-order valence-corrected chi connectivity index (χ1v) is 7.66. The van der Waals surface area contributed by atoms with E-state index in [0.717, 1.165) is 4.57 Å². The second-order valence-corrected chi connectivity index (χ2v) is 6.46. The molecule has 1 saturated carbocycles. The van der Waals surface area contributed by atoms with Crippen molar-refractivity contribution in [2.75, 3.05) is 0 Å². The van der Waals surface area contributed by atoms with Gasteiger partial charge >= 0.3 is 11.7 Å². The highest BCUT2D eigenvalue weighted by Crippen LogP contribution is 2.42. The van der Waals surface area contributed by atoms with Crippen molar-refractivity contribution in [3.05, 3.63) is 38.8 Å². The number of carbonyl (C=O) groups is 1. The zero-order chi connectivity index (χ0) is 16.4. The van der Waals surface area contributed by atoms with E-state index in [1.807, 2.05) is 0 Å². The third kappa shape index (κ3) is 1.75. The molecule has 0 saturated heterocycles. The van der Waals surface area contributed by atoms with Crippen LogP contribution in [0.15, 0.2) is 22.0 Å². The van der Waals surface area contributed by atoms with Crippen LogP contribution in [0, 0.1) is 6.92 Å². The molecule has 23 heavy (non-hydrogen) atoms. The molecular weight excluding hydrogens is 322 g/mol. The minimum atomic E-state index is -1.42. The third-order valence-corrected chi connectivity index (χ3v) is 5.29. The van der Waals surface area contributed by atoms with Crippen molar-refractivity contribution in [3.8, 4) is 5.00 Å². The Morgan fingerprint density at radius 3 is 2.57 bits per heavy atom. The molecule has 118 valence electrons. The molecule has 0 aromatic carbocycles. The lowest BCUT2D eigenvalue weighted by Gasteiger charge is -2.12. The zero-order valence-corrected chi connectivity index (χ0v) is 12.8. The largest absolute Gasteiger partial charge is 0.479 e. The minimum Gasteiger partial charge on any atom is -0.479 e. The number of aliphatic carboxylic acids is 1.